The third-order valence-electron chi connectivity index (χ3n) is 7.26. The Morgan fingerprint density at radius 3 is 2.50 bits per heavy atom. The summed E-state index contributed by atoms with van der Waals surface area (Å²) in [6, 6.07) is 7.06. The molecule has 162 valence electrons. The van der Waals surface area contributed by atoms with Crippen molar-refractivity contribution in [3.63, 3.8) is 0 Å². The van der Waals surface area contributed by atoms with E-state index in [0.717, 1.165) is 44.7 Å². The number of hydrogen-bond acceptors (Lipinski definition) is 4. The summed E-state index contributed by atoms with van der Waals surface area (Å²) in [5, 5.41) is 3.62. The molecule has 7 nitrogen and oxygen atoms in total. The zero-order valence-corrected chi connectivity index (χ0v) is 18.3. The summed E-state index contributed by atoms with van der Waals surface area (Å²) in [6.07, 6.45) is 4.11. The first-order chi connectivity index (χ1) is 14.5. The third kappa shape index (κ3) is 3.57. The van der Waals surface area contributed by atoms with Gasteiger partial charge in [0, 0.05) is 62.8 Å². The van der Waals surface area contributed by atoms with E-state index in [1.165, 1.54) is 12.8 Å². The number of rotatable bonds is 3. The molecule has 1 atom stereocenters. The van der Waals surface area contributed by atoms with Crippen LogP contribution in [0.1, 0.15) is 25.7 Å². The minimum Gasteiger partial charge on any atom is -0.324 e. The molecular weight excluding hydrogens is 402 g/mol. The zero-order valence-electron chi connectivity index (χ0n) is 17.5. The Hall–Kier alpha value is -1.83. The lowest BCUT2D eigenvalue weighted by Crippen LogP contribution is -2.64. The topological polar surface area (TPSA) is 59.1 Å². The van der Waals surface area contributed by atoms with Crippen LogP contribution < -0.4 is 5.32 Å². The summed E-state index contributed by atoms with van der Waals surface area (Å²) in [7, 11) is 2.10. The second-order valence-corrected chi connectivity index (χ2v) is 9.71. The number of carbonyl (C=O) groups is 2. The van der Waals surface area contributed by atoms with Crippen LogP contribution in [0.15, 0.2) is 24.3 Å². The first-order valence-corrected chi connectivity index (χ1v) is 11.4. The maximum Gasteiger partial charge on any atom is 0.321 e. The van der Waals surface area contributed by atoms with Crippen molar-refractivity contribution in [2.75, 3.05) is 51.6 Å². The lowest BCUT2D eigenvalue weighted by Gasteiger charge is -2.50. The molecule has 0 aromatic heterocycles. The SMILES string of the molecule is CN1CCN2[C@H](C1)C(=O)N(CC1CC1)C21CCN(C(=O)Nc2ccc(Cl)cc2)CC1. The Balaban J connectivity index is 1.30. The second kappa shape index (κ2) is 7.70. The molecule has 1 saturated carbocycles. The standard InChI is InChI=1S/C22H30ClN5O2/c1-25-12-13-27-19(15-25)20(29)28(14-16-2-3-16)22(27)8-10-26(11-9-22)21(30)24-18-6-4-17(23)5-7-18/h4-7,16,19H,2-3,8-15H2,1H3,(H,24,30)/t19-/m1/s1. The molecule has 30 heavy (non-hydrogen) atoms. The largest absolute Gasteiger partial charge is 0.324 e. The quantitative estimate of drug-likeness (QED) is 0.799. The van der Waals surface area contributed by atoms with E-state index in [0.29, 0.717) is 29.9 Å². The van der Waals surface area contributed by atoms with E-state index < -0.39 is 0 Å². The fourth-order valence-corrected chi connectivity index (χ4v) is 5.47. The van der Waals surface area contributed by atoms with E-state index >= 15 is 0 Å². The summed E-state index contributed by atoms with van der Waals surface area (Å²) < 4.78 is 0. The predicted molar refractivity (Wildman–Crippen MR) is 116 cm³/mol. The highest BCUT2D eigenvalue weighted by molar-refractivity contribution is 6.30. The van der Waals surface area contributed by atoms with Crippen molar-refractivity contribution in [1.82, 2.24) is 19.6 Å². The molecule has 0 radical (unpaired) electrons. The van der Waals surface area contributed by atoms with Gasteiger partial charge in [0.15, 0.2) is 0 Å². The molecule has 3 amide bonds. The maximum atomic E-state index is 13.4. The highest BCUT2D eigenvalue weighted by Gasteiger charge is 2.59. The molecular formula is C22H30ClN5O2. The fourth-order valence-electron chi connectivity index (χ4n) is 5.35. The van der Waals surface area contributed by atoms with Crippen molar-refractivity contribution < 1.29 is 9.59 Å². The molecule has 1 aliphatic carbocycles. The number of benzene rings is 1. The van der Waals surface area contributed by atoms with Crippen molar-refractivity contribution in [3.8, 4) is 0 Å². The van der Waals surface area contributed by atoms with E-state index in [-0.39, 0.29) is 17.7 Å². The monoisotopic (exact) mass is 431 g/mol. The van der Waals surface area contributed by atoms with Gasteiger partial charge in [0.1, 0.15) is 11.7 Å². The van der Waals surface area contributed by atoms with Crippen LogP contribution in [0.25, 0.3) is 0 Å². The molecule has 5 rings (SSSR count). The van der Waals surface area contributed by atoms with E-state index in [2.05, 4.69) is 27.1 Å². The van der Waals surface area contributed by atoms with Gasteiger partial charge in [-0.3, -0.25) is 9.69 Å². The molecule has 1 aromatic carbocycles. The van der Waals surface area contributed by atoms with Gasteiger partial charge in [-0.1, -0.05) is 11.6 Å². The number of carbonyl (C=O) groups excluding carboxylic acids is 2. The molecule has 4 aliphatic rings. The molecule has 3 aliphatic heterocycles. The molecule has 4 fully saturated rings. The highest BCUT2D eigenvalue weighted by Crippen LogP contribution is 2.44. The van der Waals surface area contributed by atoms with Crippen molar-refractivity contribution >= 4 is 29.2 Å². The maximum absolute atomic E-state index is 13.4. The van der Waals surface area contributed by atoms with Gasteiger partial charge in [0.2, 0.25) is 5.91 Å². The first-order valence-electron chi connectivity index (χ1n) is 11.0. The summed E-state index contributed by atoms with van der Waals surface area (Å²) in [6.45, 7) is 4.92. The van der Waals surface area contributed by atoms with Crippen molar-refractivity contribution in [2.24, 2.45) is 5.92 Å². The summed E-state index contributed by atoms with van der Waals surface area (Å²) in [5.74, 6) is 0.962. The van der Waals surface area contributed by atoms with E-state index in [1.807, 2.05) is 17.0 Å². The number of piperidine rings is 1. The molecule has 1 aromatic rings. The molecule has 8 heteroatoms. The molecule has 0 bridgehead atoms. The third-order valence-corrected chi connectivity index (χ3v) is 7.51. The summed E-state index contributed by atoms with van der Waals surface area (Å²) in [5.41, 5.74) is 0.526. The van der Waals surface area contributed by atoms with Gasteiger partial charge in [-0.25, -0.2) is 4.79 Å². The number of fused-ring (bicyclic) bond motifs is 2. The fraction of sp³-hybridized carbons (Fsp3) is 0.636. The molecule has 3 heterocycles. The number of likely N-dealkylation sites (N-methyl/N-ethyl adjacent to an activating group) is 1. The lowest BCUT2D eigenvalue weighted by molar-refractivity contribution is -0.134. The smallest absolute Gasteiger partial charge is 0.321 e. The average Bonchev–Trinajstić information content (AvgIpc) is 3.54. The van der Waals surface area contributed by atoms with Crippen LogP contribution in [0.4, 0.5) is 10.5 Å². The Morgan fingerprint density at radius 2 is 1.83 bits per heavy atom. The second-order valence-electron chi connectivity index (χ2n) is 9.27. The van der Waals surface area contributed by atoms with Gasteiger partial charge in [-0.15, -0.1) is 0 Å². The number of amides is 3. The van der Waals surface area contributed by atoms with E-state index in [1.54, 1.807) is 12.1 Å². The molecule has 1 N–H and O–H groups in total. The number of nitrogens with one attached hydrogen (secondary N) is 1. The van der Waals surface area contributed by atoms with Crippen LogP contribution in [0.5, 0.6) is 0 Å². The zero-order chi connectivity index (χ0) is 20.9. The minimum atomic E-state index is -0.220. The number of halogens is 1. The van der Waals surface area contributed by atoms with E-state index in [9.17, 15) is 9.59 Å². The Labute approximate surface area is 182 Å². The van der Waals surface area contributed by atoms with Crippen LogP contribution in [0, 0.1) is 5.92 Å². The van der Waals surface area contributed by atoms with Gasteiger partial charge in [-0.05, 0) is 50.1 Å². The number of likely N-dealkylation sites (tertiary alicyclic amines) is 1. The molecule has 1 spiro atoms. The van der Waals surface area contributed by atoms with Crippen molar-refractivity contribution in [1.29, 1.82) is 0 Å². The van der Waals surface area contributed by atoms with Crippen LogP contribution in [0.2, 0.25) is 5.02 Å². The van der Waals surface area contributed by atoms with Gasteiger partial charge in [0.05, 0.1) is 0 Å². The van der Waals surface area contributed by atoms with Crippen LogP contribution in [-0.2, 0) is 4.79 Å². The van der Waals surface area contributed by atoms with Crippen LogP contribution >= 0.6 is 11.6 Å². The van der Waals surface area contributed by atoms with Crippen LogP contribution in [0.3, 0.4) is 0 Å². The Morgan fingerprint density at radius 1 is 1.13 bits per heavy atom. The Bertz CT molecular complexity index is 819. The van der Waals surface area contributed by atoms with Gasteiger partial charge >= 0.3 is 6.03 Å². The first kappa shape index (κ1) is 20.1. The number of anilines is 1. The lowest BCUT2D eigenvalue weighted by atomic mass is 9.93. The van der Waals surface area contributed by atoms with Gasteiger partial charge in [0.25, 0.3) is 0 Å². The summed E-state index contributed by atoms with van der Waals surface area (Å²) in [4.78, 5) is 35.0. The van der Waals surface area contributed by atoms with E-state index in [4.69, 9.17) is 11.6 Å². The number of nitrogens with zero attached hydrogens (tertiary/aromatic N) is 4. The van der Waals surface area contributed by atoms with Gasteiger partial charge < -0.3 is 20.0 Å². The predicted octanol–water partition coefficient (Wildman–Crippen LogP) is 2.53. The number of piperazine rings is 1. The summed E-state index contributed by atoms with van der Waals surface area (Å²) >= 11 is 5.93. The normalized spacial score (nSPS) is 26.9. The number of hydrogen-bond donors (Lipinski definition) is 1. The van der Waals surface area contributed by atoms with Crippen molar-refractivity contribution in [2.45, 2.75) is 37.4 Å². The minimum absolute atomic E-state index is 0.0306. The van der Waals surface area contributed by atoms with Crippen LogP contribution in [-0.4, -0.2) is 89.6 Å². The Kier molecular flexibility index (Phi) is 5.16. The molecule has 3 saturated heterocycles. The number of urea groups is 1. The van der Waals surface area contributed by atoms with Crippen molar-refractivity contribution in [3.05, 3.63) is 29.3 Å². The molecule has 0 unspecified atom stereocenters. The highest BCUT2D eigenvalue weighted by atomic mass is 35.5. The van der Waals surface area contributed by atoms with Gasteiger partial charge in [-0.2, -0.15) is 0 Å². The average molecular weight is 432 g/mol.